The van der Waals surface area contributed by atoms with Gasteiger partial charge in [-0.25, -0.2) is 0 Å². The molecule has 2 N–H and O–H groups in total. The molecule has 0 aromatic rings. The van der Waals surface area contributed by atoms with E-state index in [4.69, 9.17) is 0 Å². The normalized spacial score (nSPS) is 17.4. The predicted octanol–water partition coefficient (Wildman–Crippen LogP) is 3.26. The van der Waals surface area contributed by atoms with Crippen molar-refractivity contribution in [1.29, 1.82) is 0 Å². The topological polar surface area (TPSA) is 49.3 Å². The molecule has 3 nitrogen and oxygen atoms in total. The molecular weight excluding hydrogens is 238 g/mol. The molecule has 0 aromatic heterocycles. The minimum atomic E-state index is 0.0803. The van der Waals surface area contributed by atoms with Crippen LogP contribution >= 0.6 is 0 Å². The van der Waals surface area contributed by atoms with Gasteiger partial charge in [-0.3, -0.25) is 4.79 Å². The zero-order chi connectivity index (χ0) is 14.1. The molecule has 0 aliphatic heterocycles. The van der Waals surface area contributed by atoms with Crippen molar-refractivity contribution in [3.63, 3.8) is 0 Å². The molecule has 0 aromatic carbocycles. The Morgan fingerprint density at radius 2 is 1.84 bits per heavy atom. The smallest absolute Gasteiger partial charge is 0.220 e. The Bertz CT molecular complexity index is 255. The van der Waals surface area contributed by atoms with Crippen molar-refractivity contribution in [3.05, 3.63) is 0 Å². The summed E-state index contributed by atoms with van der Waals surface area (Å²) in [4.78, 5) is 12.0. The molecule has 1 amide bonds. The van der Waals surface area contributed by atoms with Gasteiger partial charge in [0.05, 0.1) is 0 Å². The van der Waals surface area contributed by atoms with Crippen LogP contribution in [0.3, 0.4) is 0 Å². The Labute approximate surface area is 118 Å². The van der Waals surface area contributed by atoms with E-state index in [1.54, 1.807) is 0 Å². The fourth-order valence-corrected chi connectivity index (χ4v) is 3.19. The molecule has 0 saturated heterocycles. The fraction of sp³-hybridized carbons (Fsp3) is 0.938. The number of amides is 1. The molecule has 19 heavy (non-hydrogen) atoms. The molecule has 1 fully saturated rings. The first kappa shape index (κ1) is 16.5. The lowest BCUT2D eigenvalue weighted by Crippen LogP contribution is -2.38. The Kier molecular flexibility index (Phi) is 7.44. The van der Waals surface area contributed by atoms with Crippen LogP contribution < -0.4 is 5.32 Å². The van der Waals surface area contributed by atoms with Gasteiger partial charge in [0.25, 0.3) is 0 Å². The van der Waals surface area contributed by atoms with Gasteiger partial charge in [-0.1, -0.05) is 33.1 Å². The average Bonchev–Trinajstić information content (AvgIpc) is 2.45. The fourth-order valence-electron chi connectivity index (χ4n) is 3.19. The summed E-state index contributed by atoms with van der Waals surface area (Å²) >= 11 is 0. The van der Waals surface area contributed by atoms with Crippen LogP contribution in [0.5, 0.6) is 0 Å². The second-order valence-electron chi connectivity index (χ2n) is 6.17. The van der Waals surface area contributed by atoms with Crippen molar-refractivity contribution in [1.82, 2.24) is 5.32 Å². The van der Waals surface area contributed by atoms with Gasteiger partial charge in [0.2, 0.25) is 5.91 Å². The third-order valence-corrected chi connectivity index (χ3v) is 5.00. The molecule has 1 aliphatic rings. The van der Waals surface area contributed by atoms with E-state index >= 15 is 0 Å². The van der Waals surface area contributed by atoms with E-state index in [1.165, 1.54) is 32.1 Å². The van der Waals surface area contributed by atoms with Gasteiger partial charge in [-0.2, -0.15) is 0 Å². The van der Waals surface area contributed by atoms with Crippen LogP contribution in [-0.2, 0) is 4.79 Å². The predicted molar refractivity (Wildman–Crippen MR) is 78.9 cm³/mol. The van der Waals surface area contributed by atoms with Gasteiger partial charge in [0, 0.05) is 19.6 Å². The minimum Gasteiger partial charge on any atom is -0.396 e. The Hall–Kier alpha value is -0.570. The van der Waals surface area contributed by atoms with E-state index < -0.39 is 0 Å². The zero-order valence-corrected chi connectivity index (χ0v) is 12.7. The van der Waals surface area contributed by atoms with Crippen molar-refractivity contribution < 1.29 is 9.90 Å². The van der Waals surface area contributed by atoms with Crippen LogP contribution in [0.4, 0.5) is 0 Å². The highest BCUT2D eigenvalue weighted by Gasteiger charge is 2.26. The van der Waals surface area contributed by atoms with E-state index in [2.05, 4.69) is 19.2 Å². The van der Waals surface area contributed by atoms with Crippen molar-refractivity contribution >= 4 is 5.91 Å². The lowest BCUT2D eigenvalue weighted by Gasteiger charge is -2.31. The first-order valence-electron chi connectivity index (χ1n) is 8.03. The molecule has 0 bridgehead atoms. The van der Waals surface area contributed by atoms with Gasteiger partial charge in [-0.15, -0.1) is 0 Å². The highest BCUT2D eigenvalue weighted by atomic mass is 16.3. The summed E-state index contributed by atoms with van der Waals surface area (Å²) in [5.74, 6) is 0.806. The van der Waals surface area contributed by atoms with Crippen LogP contribution in [-0.4, -0.2) is 24.2 Å². The summed E-state index contributed by atoms with van der Waals surface area (Å²) in [5.41, 5.74) is 0.0803. The summed E-state index contributed by atoms with van der Waals surface area (Å²) < 4.78 is 0. The first-order valence-corrected chi connectivity index (χ1v) is 8.03. The van der Waals surface area contributed by atoms with Crippen molar-refractivity contribution in [3.8, 4) is 0 Å². The van der Waals surface area contributed by atoms with Crippen LogP contribution in [0.2, 0.25) is 0 Å². The standard InChI is InChI=1S/C16H31NO2/c1-3-16(4-2,10-11-18)13-17-15(19)12-14-8-6-5-7-9-14/h14,18H,3-13H2,1-2H3,(H,17,19). The quantitative estimate of drug-likeness (QED) is 0.710. The molecule has 0 spiro atoms. The van der Waals surface area contributed by atoms with Crippen molar-refractivity contribution in [2.24, 2.45) is 11.3 Å². The highest BCUT2D eigenvalue weighted by molar-refractivity contribution is 5.76. The summed E-state index contributed by atoms with van der Waals surface area (Å²) in [6.45, 7) is 5.21. The maximum absolute atomic E-state index is 12.0. The minimum absolute atomic E-state index is 0.0803. The van der Waals surface area contributed by atoms with Crippen LogP contribution in [0.15, 0.2) is 0 Å². The lowest BCUT2D eigenvalue weighted by molar-refractivity contribution is -0.122. The molecule has 3 heteroatoms. The van der Waals surface area contributed by atoms with Crippen molar-refractivity contribution in [2.45, 2.75) is 71.6 Å². The highest BCUT2D eigenvalue weighted by Crippen LogP contribution is 2.30. The molecule has 112 valence electrons. The van der Waals surface area contributed by atoms with Gasteiger partial charge in [-0.05, 0) is 43.4 Å². The molecule has 1 aliphatic carbocycles. The summed E-state index contributed by atoms with van der Waals surface area (Å²) in [6.07, 6.45) is 9.84. The van der Waals surface area contributed by atoms with Gasteiger partial charge in [0.15, 0.2) is 0 Å². The van der Waals surface area contributed by atoms with Crippen molar-refractivity contribution in [2.75, 3.05) is 13.2 Å². The van der Waals surface area contributed by atoms with Gasteiger partial charge in [0.1, 0.15) is 0 Å². The zero-order valence-electron chi connectivity index (χ0n) is 12.7. The van der Waals surface area contributed by atoms with Crippen LogP contribution in [0.25, 0.3) is 0 Å². The van der Waals surface area contributed by atoms with E-state index in [9.17, 15) is 9.90 Å². The number of carbonyl (C=O) groups excluding carboxylic acids is 1. The number of aliphatic hydroxyl groups excluding tert-OH is 1. The monoisotopic (exact) mass is 269 g/mol. The molecule has 0 radical (unpaired) electrons. The molecule has 1 saturated carbocycles. The average molecular weight is 269 g/mol. The molecule has 0 atom stereocenters. The molecule has 1 rings (SSSR count). The Morgan fingerprint density at radius 3 is 2.37 bits per heavy atom. The van der Waals surface area contributed by atoms with E-state index in [0.717, 1.165) is 19.3 Å². The SMILES string of the molecule is CCC(CC)(CCO)CNC(=O)CC1CCCCC1. The maximum Gasteiger partial charge on any atom is 0.220 e. The second kappa shape index (κ2) is 8.57. The second-order valence-corrected chi connectivity index (χ2v) is 6.17. The molecule has 0 heterocycles. The maximum atomic E-state index is 12.0. The van der Waals surface area contributed by atoms with Crippen LogP contribution in [0.1, 0.15) is 71.6 Å². The molecule has 0 unspecified atom stereocenters. The number of hydrogen-bond acceptors (Lipinski definition) is 2. The summed E-state index contributed by atoms with van der Waals surface area (Å²) in [5, 5.41) is 12.3. The van der Waals surface area contributed by atoms with E-state index in [-0.39, 0.29) is 17.9 Å². The first-order chi connectivity index (χ1) is 9.15. The number of rotatable bonds is 8. The van der Waals surface area contributed by atoms with Crippen LogP contribution in [0, 0.1) is 11.3 Å². The van der Waals surface area contributed by atoms with Gasteiger partial charge < -0.3 is 10.4 Å². The third kappa shape index (κ3) is 5.52. The Balaban J connectivity index is 2.34. The largest absolute Gasteiger partial charge is 0.396 e. The number of aliphatic hydroxyl groups is 1. The van der Waals surface area contributed by atoms with Gasteiger partial charge >= 0.3 is 0 Å². The van der Waals surface area contributed by atoms with E-state index in [0.29, 0.717) is 18.9 Å². The van der Waals surface area contributed by atoms with E-state index in [1.807, 2.05) is 0 Å². The number of nitrogens with one attached hydrogen (secondary N) is 1. The Morgan fingerprint density at radius 1 is 1.21 bits per heavy atom. The number of carbonyl (C=O) groups is 1. The molecular formula is C16H31NO2. The third-order valence-electron chi connectivity index (χ3n) is 5.00. The summed E-state index contributed by atoms with van der Waals surface area (Å²) in [7, 11) is 0. The summed E-state index contributed by atoms with van der Waals surface area (Å²) in [6, 6.07) is 0. The number of hydrogen-bond donors (Lipinski definition) is 2. The lowest BCUT2D eigenvalue weighted by atomic mass is 9.79.